The summed E-state index contributed by atoms with van der Waals surface area (Å²) in [5.74, 6) is 0. The molecule has 2 heterocycles. The van der Waals surface area contributed by atoms with Gasteiger partial charge < -0.3 is 24.4 Å². The Morgan fingerprint density at radius 3 is 2.51 bits per heavy atom. The number of aliphatic hydroxyl groups excluding tert-OH is 1. The Labute approximate surface area is 197 Å². The van der Waals surface area contributed by atoms with Crippen molar-refractivity contribution >= 4 is 27.2 Å². The maximum Gasteiger partial charge on any atom is 0.479 e. The Morgan fingerprint density at radius 1 is 1.20 bits per heavy atom. The summed E-state index contributed by atoms with van der Waals surface area (Å²) >= 11 is 0. The third-order valence-corrected chi connectivity index (χ3v) is 7.85. The van der Waals surface area contributed by atoms with Gasteiger partial charge in [-0.15, -0.1) is 0 Å². The first kappa shape index (κ1) is 27.0. The average Bonchev–Trinajstić information content (AvgIpc) is 3.07. The number of hydrogen-bond donors (Lipinski definition) is 5. The molecule has 1 aromatic carbocycles. The SMILES string of the molecule is CCP(=O)(O)OP(=O)(O)OC[C@H]1O[C@@H](n2ccc(=O)[nH]c2=O)[C@@H](OC(=O)Nc2ccccc2)C1O. The maximum absolute atomic E-state index is 12.4. The number of carbonyl (C=O) groups excluding carboxylic acids is 1. The molecule has 1 aliphatic rings. The predicted octanol–water partition coefficient (Wildman–Crippen LogP) is 0.751. The quantitative estimate of drug-likeness (QED) is 0.281. The Morgan fingerprint density at radius 2 is 1.89 bits per heavy atom. The van der Waals surface area contributed by atoms with Crippen LogP contribution in [0.15, 0.2) is 52.2 Å². The van der Waals surface area contributed by atoms with Crippen LogP contribution in [0, 0.1) is 0 Å². The predicted molar refractivity (Wildman–Crippen MR) is 119 cm³/mol. The van der Waals surface area contributed by atoms with Crippen molar-refractivity contribution in [3.63, 3.8) is 0 Å². The number of amides is 1. The lowest BCUT2D eigenvalue weighted by molar-refractivity contribution is -0.0550. The van der Waals surface area contributed by atoms with Gasteiger partial charge in [-0.25, -0.2) is 18.5 Å². The highest BCUT2D eigenvalue weighted by molar-refractivity contribution is 7.63. The van der Waals surface area contributed by atoms with Crippen molar-refractivity contribution < 1.29 is 47.1 Å². The van der Waals surface area contributed by atoms with E-state index in [1.165, 1.54) is 6.92 Å². The zero-order valence-corrected chi connectivity index (χ0v) is 19.9. The highest BCUT2D eigenvalue weighted by Crippen LogP contribution is 2.59. The van der Waals surface area contributed by atoms with Gasteiger partial charge in [-0.3, -0.25) is 28.8 Å². The maximum atomic E-state index is 12.4. The molecule has 1 aromatic heterocycles. The van der Waals surface area contributed by atoms with Gasteiger partial charge in [0.05, 0.1) is 6.61 Å². The van der Waals surface area contributed by atoms with E-state index in [0.29, 0.717) is 5.69 Å². The molecule has 3 rings (SSSR count). The zero-order valence-electron chi connectivity index (χ0n) is 18.1. The van der Waals surface area contributed by atoms with Gasteiger partial charge >= 0.3 is 27.2 Å². The van der Waals surface area contributed by atoms with E-state index in [4.69, 9.17) is 9.47 Å². The summed E-state index contributed by atoms with van der Waals surface area (Å²) in [6.45, 7) is 0.396. The molecule has 17 heteroatoms. The molecule has 1 amide bonds. The minimum atomic E-state index is -5.05. The van der Waals surface area contributed by atoms with E-state index in [0.717, 1.165) is 16.8 Å². The molecule has 35 heavy (non-hydrogen) atoms. The summed E-state index contributed by atoms with van der Waals surface area (Å²) in [6, 6.07) is 9.14. The van der Waals surface area contributed by atoms with E-state index < -0.39 is 70.1 Å². The molecule has 0 saturated carbocycles. The normalized spacial score (nSPS) is 25.4. The number of para-hydroxylation sites is 1. The molecule has 1 aliphatic heterocycles. The summed E-state index contributed by atoms with van der Waals surface area (Å²) < 4.78 is 44.2. The Balaban J connectivity index is 1.80. The lowest BCUT2D eigenvalue weighted by Gasteiger charge is -2.22. The van der Waals surface area contributed by atoms with Gasteiger partial charge in [-0.2, -0.15) is 0 Å². The second-order valence-corrected chi connectivity index (χ2v) is 11.0. The Hall–Kier alpha value is -2.61. The van der Waals surface area contributed by atoms with E-state index in [1.54, 1.807) is 30.3 Å². The summed E-state index contributed by atoms with van der Waals surface area (Å²) in [5, 5.41) is 13.1. The topological polar surface area (TPSA) is 216 Å². The summed E-state index contributed by atoms with van der Waals surface area (Å²) in [7, 11) is -9.46. The van der Waals surface area contributed by atoms with Crippen LogP contribution >= 0.6 is 15.4 Å². The number of phosphoric acid groups is 1. The van der Waals surface area contributed by atoms with Crippen molar-refractivity contribution in [3.05, 3.63) is 63.4 Å². The van der Waals surface area contributed by atoms with Gasteiger partial charge in [-0.05, 0) is 12.1 Å². The van der Waals surface area contributed by atoms with Crippen LogP contribution in [0.25, 0.3) is 0 Å². The fourth-order valence-electron chi connectivity index (χ4n) is 3.04. The molecule has 192 valence electrons. The van der Waals surface area contributed by atoms with Crippen LogP contribution in [-0.2, 0) is 27.4 Å². The molecular weight excluding hydrogens is 512 g/mol. The van der Waals surface area contributed by atoms with Crippen LogP contribution in [0.3, 0.4) is 0 Å². The van der Waals surface area contributed by atoms with Gasteiger partial charge in [0.1, 0.15) is 12.2 Å². The molecule has 2 aromatic rings. The molecule has 1 saturated heterocycles. The van der Waals surface area contributed by atoms with Crippen molar-refractivity contribution in [2.24, 2.45) is 0 Å². The van der Waals surface area contributed by atoms with Crippen molar-refractivity contribution in [3.8, 4) is 0 Å². The molecule has 5 N–H and O–H groups in total. The highest BCUT2D eigenvalue weighted by Gasteiger charge is 2.49. The number of phosphoric ester groups is 1. The third-order valence-electron chi connectivity index (χ3n) is 4.73. The van der Waals surface area contributed by atoms with E-state index in [2.05, 4.69) is 14.2 Å². The zero-order chi connectivity index (χ0) is 25.8. The number of aliphatic hydroxyl groups is 1. The lowest BCUT2D eigenvalue weighted by atomic mass is 10.1. The van der Waals surface area contributed by atoms with Crippen molar-refractivity contribution in [2.75, 3.05) is 18.1 Å². The monoisotopic (exact) mass is 535 g/mol. The van der Waals surface area contributed by atoms with Crippen LogP contribution in [0.2, 0.25) is 0 Å². The van der Waals surface area contributed by atoms with Crippen LogP contribution in [0.5, 0.6) is 0 Å². The number of nitrogens with zero attached hydrogens (tertiary/aromatic N) is 1. The van der Waals surface area contributed by atoms with Gasteiger partial charge in [-0.1, -0.05) is 25.1 Å². The van der Waals surface area contributed by atoms with Gasteiger partial charge in [0, 0.05) is 24.1 Å². The summed E-state index contributed by atoms with van der Waals surface area (Å²) in [6.07, 6.45) is -6.64. The minimum absolute atomic E-state index is 0.367. The number of aromatic nitrogens is 2. The number of rotatable bonds is 9. The molecule has 1 fully saturated rings. The number of anilines is 1. The first-order valence-corrected chi connectivity index (χ1v) is 13.3. The number of carbonyl (C=O) groups is 1. The number of aromatic amines is 1. The van der Waals surface area contributed by atoms with E-state index in [1.807, 2.05) is 4.98 Å². The largest absolute Gasteiger partial charge is 0.479 e. The average molecular weight is 535 g/mol. The van der Waals surface area contributed by atoms with Gasteiger partial charge in [0.25, 0.3) is 5.56 Å². The van der Waals surface area contributed by atoms with Crippen LogP contribution in [0.1, 0.15) is 13.2 Å². The highest BCUT2D eigenvalue weighted by atomic mass is 31.3. The second kappa shape index (κ2) is 11.0. The molecule has 3 unspecified atom stereocenters. The number of ether oxygens (including phenoxy) is 2. The molecule has 0 radical (unpaired) electrons. The molecule has 0 aliphatic carbocycles. The molecule has 0 spiro atoms. The first-order valence-electron chi connectivity index (χ1n) is 10.1. The Kier molecular flexibility index (Phi) is 8.46. The fraction of sp³-hybridized carbons (Fsp3) is 0.389. The van der Waals surface area contributed by atoms with E-state index in [-0.39, 0.29) is 0 Å². The summed E-state index contributed by atoms with van der Waals surface area (Å²) in [4.78, 5) is 57.2. The fourth-order valence-corrected chi connectivity index (χ4v) is 5.31. The van der Waals surface area contributed by atoms with Crippen molar-refractivity contribution in [1.82, 2.24) is 9.55 Å². The number of hydrogen-bond acceptors (Lipinski definition) is 10. The van der Waals surface area contributed by atoms with Crippen LogP contribution in [0.4, 0.5) is 10.5 Å². The number of nitrogens with one attached hydrogen (secondary N) is 2. The first-order chi connectivity index (χ1) is 16.4. The summed E-state index contributed by atoms with van der Waals surface area (Å²) in [5.41, 5.74) is -1.30. The van der Waals surface area contributed by atoms with Crippen molar-refractivity contribution in [2.45, 2.75) is 31.5 Å². The minimum Gasteiger partial charge on any atom is -0.438 e. The van der Waals surface area contributed by atoms with Gasteiger partial charge in [0.2, 0.25) is 0 Å². The standard InChI is InChI=1S/C18H23N3O12P2/c1-2-34(26,27)33-35(28,29)30-10-12-14(23)15(32-18(25)19-11-6-4-3-5-7-11)16(31-12)21-9-8-13(22)20-17(21)24/h3-9,12,14-16,23H,2,10H2,1H3,(H,19,25)(H,26,27)(H,28,29)(H,20,22,24)/t12-,14?,15+,16-/m1/s1. The van der Waals surface area contributed by atoms with Crippen molar-refractivity contribution in [1.29, 1.82) is 0 Å². The number of H-pyrrole nitrogens is 1. The smallest absolute Gasteiger partial charge is 0.438 e. The Bertz CT molecular complexity index is 1250. The second-order valence-electron chi connectivity index (χ2n) is 7.23. The molecule has 0 bridgehead atoms. The van der Waals surface area contributed by atoms with E-state index in [9.17, 15) is 38.4 Å². The van der Waals surface area contributed by atoms with E-state index >= 15 is 0 Å². The third kappa shape index (κ3) is 7.19. The van der Waals surface area contributed by atoms with Crippen LogP contribution in [-0.4, -0.2) is 61.6 Å². The molecule has 6 atom stereocenters. The van der Waals surface area contributed by atoms with Crippen LogP contribution < -0.4 is 16.6 Å². The molecule has 15 nitrogen and oxygen atoms in total. The lowest BCUT2D eigenvalue weighted by Crippen LogP contribution is -2.41. The van der Waals surface area contributed by atoms with Gasteiger partial charge in [0.15, 0.2) is 12.3 Å². The molecular formula is C18H23N3O12P2. The number of benzene rings is 1.